The molecule has 1 aliphatic rings. The molecule has 2 aromatic carbocycles. The summed E-state index contributed by atoms with van der Waals surface area (Å²) in [7, 11) is 0. The highest BCUT2D eigenvalue weighted by molar-refractivity contribution is 9.10. The molecule has 0 aliphatic carbocycles. The number of hydrogen-bond acceptors (Lipinski definition) is 4. The second-order valence-electron chi connectivity index (χ2n) is 5.63. The molecule has 0 atom stereocenters. The van der Waals surface area contributed by atoms with Crippen molar-refractivity contribution in [3.8, 4) is 17.2 Å². The number of aromatic nitrogens is 1. The van der Waals surface area contributed by atoms with E-state index in [4.69, 9.17) is 4.74 Å². The van der Waals surface area contributed by atoms with Gasteiger partial charge in [0.1, 0.15) is 22.8 Å². The minimum atomic E-state index is -0.411. The zero-order valence-corrected chi connectivity index (χ0v) is 14.1. The van der Waals surface area contributed by atoms with E-state index in [2.05, 4.69) is 20.9 Å². The number of carbonyl (C=O) groups excluding carboxylic acids is 1. The van der Waals surface area contributed by atoms with Crippen molar-refractivity contribution in [1.29, 1.82) is 0 Å². The van der Waals surface area contributed by atoms with Crippen molar-refractivity contribution in [3.63, 3.8) is 0 Å². The smallest absolute Gasteiger partial charge is 0.235 e. The van der Waals surface area contributed by atoms with E-state index in [0.717, 1.165) is 32.7 Å². The number of fused-ring (bicyclic) bond motifs is 2. The summed E-state index contributed by atoms with van der Waals surface area (Å²) >= 11 is 3.45. The minimum absolute atomic E-state index is 0.0673. The number of ketones is 1. The number of aromatic amines is 1. The number of rotatable bonds is 1. The topological polar surface area (TPSA) is 82.6 Å². The number of H-pyrrole nitrogens is 1. The van der Waals surface area contributed by atoms with Crippen LogP contribution in [0.3, 0.4) is 0 Å². The fraction of sp³-hybridized carbons (Fsp3) is 0.0556. The third-order valence-corrected chi connectivity index (χ3v) is 4.50. The van der Waals surface area contributed by atoms with Crippen LogP contribution in [0.2, 0.25) is 0 Å². The number of benzene rings is 2. The summed E-state index contributed by atoms with van der Waals surface area (Å²) in [5.41, 5.74) is 2.75. The Morgan fingerprint density at radius 3 is 2.79 bits per heavy atom. The zero-order valence-electron chi connectivity index (χ0n) is 12.6. The number of hydrogen-bond donors (Lipinski definition) is 3. The highest BCUT2D eigenvalue weighted by Gasteiger charge is 2.31. The first kappa shape index (κ1) is 14.8. The number of ether oxygens (including phenoxy) is 1. The van der Waals surface area contributed by atoms with Gasteiger partial charge in [0, 0.05) is 38.8 Å². The molecule has 0 radical (unpaired) electrons. The molecule has 0 saturated carbocycles. The lowest BCUT2D eigenvalue weighted by atomic mass is 10.1. The number of carbonyl (C=O) groups is 1. The molecular formula is C18H12BrNO4. The molecule has 0 unspecified atom stereocenters. The van der Waals surface area contributed by atoms with Crippen molar-refractivity contribution < 1.29 is 19.7 Å². The monoisotopic (exact) mass is 385 g/mol. The van der Waals surface area contributed by atoms with Crippen LogP contribution < -0.4 is 4.74 Å². The van der Waals surface area contributed by atoms with Gasteiger partial charge in [-0.2, -0.15) is 0 Å². The van der Waals surface area contributed by atoms with Gasteiger partial charge in [-0.1, -0.05) is 15.9 Å². The van der Waals surface area contributed by atoms with Crippen molar-refractivity contribution in [2.24, 2.45) is 0 Å². The predicted molar refractivity (Wildman–Crippen MR) is 93.4 cm³/mol. The maximum atomic E-state index is 12.5. The van der Waals surface area contributed by atoms with Gasteiger partial charge in [0.25, 0.3) is 0 Å². The summed E-state index contributed by atoms with van der Waals surface area (Å²) in [6.45, 7) is 1.91. The largest absolute Gasteiger partial charge is 0.508 e. The van der Waals surface area contributed by atoms with Crippen molar-refractivity contribution in [3.05, 3.63) is 57.4 Å². The Hall–Kier alpha value is -2.73. The Balaban J connectivity index is 1.86. The normalized spacial score (nSPS) is 15.1. The fourth-order valence-electron chi connectivity index (χ4n) is 2.92. The Labute approximate surface area is 145 Å². The number of aromatic hydroxyl groups is 2. The van der Waals surface area contributed by atoms with E-state index in [1.54, 1.807) is 6.08 Å². The van der Waals surface area contributed by atoms with E-state index >= 15 is 0 Å². The molecule has 0 amide bonds. The molecule has 3 N–H and O–H groups in total. The summed E-state index contributed by atoms with van der Waals surface area (Å²) in [6.07, 6.45) is 1.65. The van der Waals surface area contributed by atoms with Gasteiger partial charge in [-0.05, 0) is 31.2 Å². The highest BCUT2D eigenvalue weighted by atomic mass is 79.9. The molecule has 5 nitrogen and oxygen atoms in total. The molecule has 4 rings (SSSR count). The van der Waals surface area contributed by atoms with Crippen LogP contribution >= 0.6 is 15.9 Å². The molecule has 1 aliphatic heterocycles. The average Bonchev–Trinajstić information content (AvgIpc) is 2.98. The van der Waals surface area contributed by atoms with Gasteiger partial charge in [0.05, 0.1) is 0 Å². The molecule has 0 spiro atoms. The van der Waals surface area contributed by atoms with Gasteiger partial charge in [-0.15, -0.1) is 0 Å². The molecular weight excluding hydrogens is 374 g/mol. The Morgan fingerprint density at radius 2 is 2.00 bits per heavy atom. The quantitative estimate of drug-likeness (QED) is 0.546. The number of halogens is 1. The molecule has 24 heavy (non-hydrogen) atoms. The first-order valence-corrected chi connectivity index (χ1v) is 8.01. The fourth-order valence-corrected chi connectivity index (χ4v) is 3.28. The summed E-state index contributed by atoms with van der Waals surface area (Å²) in [5, 5.41) is 20.4. The van der Waals surface area contributed by atoms with Crippen LogP contribution in [0, 0.1) is 6.92 Å². The van der Waals surface area contributed by atoms with E-state index in [1.165, 1.54) is 6.07 Å². The van der Waals surface area contributed by atoms with Crippen molar-refractivity contribution in [2.75, 3.05) is 0 Å². The van der Waals surface area contributed by atoms with E-state index in [-0.39, 0.29) is 28.6 Å². The highest BCUT2D eigenvalue weighted by Crippen LogP contribution is 2.41. The first-order chi connectivity index (χ1) is 11.4. The number of nitrogens with one attached hydrogen (secondary N) is 1. The number of aryl methyl sites for hydroxylation is 1. The predicted octanol–water partition coefficient (Wildman–Crippen LogP) is 4.27. The van der Waals surface area contributed by atoms with Crippen molar-refractivity contribution >= 4 is 38.7 Å². The number of Topliss-reactive ketones (excluding diaryl/α,β-unsaturated/α-hetero) is 1. The van der Waals surface area contributed by atoms with Gasteiger partial charge >= 0.3 is 0 Å². The summed E-state index contributed by atoms with van der Waals surface area (Å²) in [5.74, 6) is -0.604. The first-order valence-electron chi connectivity index (χ1n) is 7.22. The lowest BCUT2D eigenvalue weighted by molar-refractivity contribution is 0.101. The number of phenolic OH excluding ortho intramolecular Hbond substituents is 2. The zero-order chi connectivity index (χ0) is 17.0. The van der Waals surface area contributed by atoms with Crippen LogP contribution in [0.5, 0.6) is 17.2 Å². The number of allylic oxidation sites excluding steroid dienone is 1. The average molecular weight is 386 g/mol. The maximum Gasteiger partial charge on any atom is 0.235 e. The van der Waals surface area contributed by atoms with Crippen LogP contribution in [-0.2, 0) is 0 Å². The van der Waals surface area contributed by atoms with Gasteiger partial charge in [-0.25, -0.2) is 0 Å². The van der Waals surface area contributed by atoms with Crippen molar-refractivity contribution in [1.82, 2.24) is 4.98 Å². The van der Waals surface area contributed by atoms with E-state index in [0.29, 0.717) is 0 Å². The number of phenols is 2. The van der Waals surface area contributed by atoms with Gasteiger partial charge in [0.2, 0.25) is 5.78 Å². The molecule has 120 valence electrons. The van der Waals surface area contributed by atoms with Crippen molar-refractivity contribution in [2.45, 2.75) is 6.92 Å². The van der Waals surface area contributed by atoms with Crippen LogP contribution in [0.1, 0.15) is 21.6 Å². The van der Waals surface area contributed by atoms with Crippen LogP contribution in [0.25, 0.3) is 17.0 Å². The maximum absolute atomic E-state index is 12.5. The summed E-state index contributed by atoms with van der Waals surface area (Å²) < 4.78 is 6.48. The second-order valence-corrected chi connectivity index (χ2v) is 6.55. The van der Waals surface area contributed by atoms with Crippen LogP contribution in [-0.4, -0.2) is 21.0 Å². The molecule has 6 heteroatoms. The third-order valence-electron chi connectivity index (χ3n) is 4.01. The SMILES string of the molecule is Cc1[nH]c2ccc(Br)cc2c1/C=C1\Oc2cc(O)cc(O)c2C1=O. The Morgan fingerprint density at radius 1 is 1.21 bits per heavy atom. The third kappa shape index (κ3) is 2.18. The minimum Gasteiger partial charge on any atom is -0.508 e. The molecule has 3 aromatic rings. The molecule has 0 saturated heterocycles. The van der Waals surface area contributed by atoms with Gasteiger partial charge in [0.15, 0.2) is 5.76 Å². The Kier molecular flexibility index (Phi) is 3.18. The Bertz CT molecular complexity index is 1050. The molecule has 0 bridgehead atoms. The van der Waals surface area contributed by atoms with E-state index < -0.39 is 5.78 Å². The summed E-state index contributed by atoms with van der Waals surface area (Å²) in [4.78, 5) is 15.8. The second kappa shape index (κ2) is 5.14. The molecule has 1 aromatic heterocycles. The lowest BCUT2D eigenvalue weighted by Crippen LogP contribution is -1.98. The standard InChI is InChI=1S/C18H12BrNO4/c1-8-11(12-4-9(19)2-3-13(12)20-8)7-16-18(23)17-14(22)5-10(21)6-15(17)24-16/h2-7,20-22H,1H3/b16-7-. The van der Waals surface area contributed by atoms with Gasteiger partial charge in [-0.3, -0.25) is 4.79 Å². The lowest BCUT2D eigenvalue weighted by Gasteiger charge is -2.00. The van der Waals surface area contributed by atoms with Crippen LogP contribution in [0.15, 0.2) is 40.6 Å². The molecule has 0 fully saturated rings. The summed E-state index contributed by atoms with van der Waals surface area (Å²) in [6, 6.07) is 8.28. The van der Waals surface area contributed by atoms with Crippen LogP contribution in [0.4, 0.5) is 0 Å². The molecule has 2 heterocycles. The van der Waals surface area contributed by atoms with E-state index in [9.17, 15) is 15.0 Å². The van der Waals surface area contributed by atoms with E-state index in [1.807, 2.05) is 25.1 Å². The van der Waals surface area contributed by atoms with Gasteiger partial charge < -0.3 is 19.9 Å².